The van der Waals surface area contributed by atoms with Gasteiger partial charge in [0.05, 0.1) is 5.25 Å². The Hall–Kier alpha value is -1.04. The minimum atomic E-state index is -0.762. The molecule has 0 aromatic heterocycles. The molecule has 0 N–H and O–H groups in total. The zero-order chi connectivity index (χ0) is 10.4. The predicted octanol–water partition coefficient (Wildman–Crippen LogP) is -0.190. The number of aldehydes is 1. The summed E-state index contributed by atoms with van der Waals surface area (Å²) in [6.45, 7) is 1.18. The van der Waals surface area contributed by atoms with E-state index in [1.165, 1.54) is 14.0 Å². The molecule has 5 nitrogen and oxygen atoms in total. The number of rotatable bonds is 3. The summed E-state index contributed by atoms with van der Waals surface area (Å²) in [7, 11) is 1.29. The van der Waals surface area contributed by atoms with E-state index in [0.717, 1.165) is 5.06 Å². The lowest BCUT2D eigenvalue weighted by molar-refractivity contribution is -0.190. The lowest BCUT2D eigenvalue weighted by Gasteiger charge is -2.17. The Morgan fingerprint density at radius 3 is 2.54 bits per heavy atom. The zero-order valence-electron chi connectivity index (χ0n) is 7.39. The van der Waals surface area contributed by atoms with Crippen LogP contribution in [-0.4, -0.2) is 35.5 Å². The van der Waals surface area contributed by atoms with Crippen LogP contribution < -0.4 is 0 Å². The van der Waals surface area contributed by atoms with Gasteiger partial charge in [0.25, 0.3) is 5.91 Å². The smallest absolute Gasteiger partial charge is 0.329 e. The third-order valence-electron chi connectivity index (χ3n) is 1.18. The van der Waals surface area contributed by atoms with Crippen LogP contribution >= 0.6 is 12.6 Å². The van der Waals surface area contributed by atoms with Gasteiger partial charge >= 0.3 is 5.97 Å². The van der Waals surface area contributed by atoms with Gasteiger partial charge in [-0.25, -0.2) is 0 Å². The van der Waals surface area contributed by atoms with Crippen molar-refractivity contribution in [2.24, 2.45) is 0 Å². The Kier molecular flexibility index (Phi) is 5.13. The molecule has 0 bridgehead atoms. The van der Waals surface area contributed by atoms with E-state index in [2.05, 4.69) is 17.5 Å². The molecule has 13 heavy (non-hydrogen) atoms. The van der Waals surface area contributed by atoms with E-state index in [0.29, 0.717) is 6.29 Å². The maximum atomic E-state index is 11.2. The molecule has 0 saturated heterocycles. The van der Waals surface area contributed by atoms with Gasteiger partial charge in [-0.2, -0.15) is 17.7 Å². The van der Waals surface area contributed by atoms with Crippen LogP contribution in [0.2, 0.25) is 0 Å². The number of amides is 1. The fourth-order valence-corrected chi connectivity index (χ4v) is 0.888. The van der Waals surface area contributed by atoms with E-state index >= 15 is 0 Å². The first-order chi connectivity index (χ1) is 5.99. The van der Waals surface area contributed by atoms with Crippen LogP contribution in [0, 0.1) is 0 Å². The fraction of sp³-hybridized carbons (Fsp3) is 0.571. The Balaban J connectivity index is 4.08. The van der Waals surface area contributed by atoms with Crippen LogP contribution in [0.15, 0.2) is 0 Å². The quantitative estimate of drug-likeness (QED) is 0.394. The summed E-state index contributed by atoms with van der Waals surface area (Å²) in [6.07, 6.45) is 0.574. The largest absolute Gasteiger partial charge is 0.339 e. The van der Waals surface area contributed by atoms with Crippen LogP contribution in [0.4, 0.5) is 0 Å². The summed E-state index contributed by atoms with van der Waals surface area (Å²) in [5.41, 5.74) is 0. The summed E-state index contributed by atoms with van der Waals surface area (Å²) < 4.78 is 0. The summed E-state index contributed by atoms with van der Waals surface area (Å²) >= 11 is 3.85. The van der Waals surface area contributed by atoms with E-state index in [4.69, 9.17) is 0 Å². The molecular weight excluding hydrogens is 194 g/mol. The molecule has 1 atom stereocenters. The van der Waals surface area contributed by atoms with Crippen molar-refractivity contribution in [3.8, 4) is 0 Å². The molecule has 0 spiro atoms. The predicted molar refractivity (Wildman–Crippen MR) is 48.0 cm³/mol. The SMILES string of the molecule is CC(=O)ON(C)C(=O)C(S)CC=O. The molecule has 0 aliphatic rings. The summed E-state index contributed by atoms with van der Waals surface area (Å²) in [4.78, 5) is 36.1. The molecular formula is C7H11NO4S. The average molecular weight is 205 g/mol. The van der Waals surface area contributed by atoms with Gasteiger partial charge in [-0.1, -0.05) is 0 Å². The van der Waals surface area contributed by atoms with Crippen molar-refractivity contribution in [3.63, 3.8) is 0 Å². The van der Waals surface area contributed by atoms with Crippen molar-refractivity contribution < 1.29 is 19.2 Å². The first-order valence-electron chi connectivity index (χ1n) is 3.56. The molecule has 0 radical (unpaired) electrons. The highest BCUT2D eigenvalue weighted by molar-refractivity contribution is 7.81. The minimum Gasteiger partial charge on any atom is -0.339 e. The van der Waals surface area contributed by atoms with Gasteiger partial charge in [-0.15, -0.1) is 0 Å². The van der Waals surface area contributed by atoms with Crippen molar-refractivity contribution in [1.82, 2.24) is 5.06 Å². The number of hydrogen-bond acceptors (Lipinski definition) is 5. The Bertz CT molecular complexity index is 219. The number of hydroxylamine groups is 2. The maximum absolute atomic E-state index is 11.2. The van der Waals surface area contributed by atoms with E-state index in [1.54, 1.807) is 0 Å². The van der Waals surface area contributed by atoms with Crippen molar-refractivity contribution in [1.29, 1.82) is 0 Å². The molecule has 0 saturated carbocycles. The third kappa shape index (κ3) is 4.51. The zero-order valence-corrected chi connectivity index (χ0v) is 8.28. The van der Waals surface area contributed by atoms with Crippen molar-refractivity contribution in [3.05, 3.63) is 0 Å². The second-order valence-electron chi connectivity index (χ2n) is 2.34. The average Bonchev–Trinajstić information content (AvgIpc) is 2.02. The highest BCUT2D eigenvalue weighted by Gasteiger charge is 2.19. The molecule has 1 amide bonds. The molecule has 0 aliphatic heterocycles. The van der Waals surface area contributed by atoms with Gasteiger partial charge in [0.2, 0.25) is 0 Å². The fourth-order valence-electron chi connectivity index (χ4n) is 0.640. The first kappa shape index (κ1) is 12.0. The third-order valence-corrected chi connectivity index (χ3v) is 1.61. The molecule has 1 unspecified atom stereocenters. The van der Waals surface area contributed by atoms with E-state index in [9.17, 15) is 14.4 Å². The van der Waals surface area contributed by atoms with Gasteiger partial charge < -0.3 is 9.63 Å². The van der Waals surface area contributed by atoms with Crippen LogP contribution in [0.3, 0.4) is 0 Å². The molecule has 0 aromatic rings. The van der Waals surface area contributed by atoms with Gasteiger partial charge in [0.1, 0.15) is 6.29 Å². The topological polar surface area (TPSA) is 63.7 Å². The molecule has 0 rings (SSSR count). The highest BCUT2D eigenvalue weighted by Crippen LogP contribution is 2.04. The Morgan fingerprint density at radius 2 is 2.15 bits per heavy atom. The van der Waals surface area contributed by atoms with Crippen LogP contribution in [0.25, 0.3) is 0 Å². The highest BCUT2D eigenvalue weighted by atomic mass is 32.1. The standard InChI is InChI=1S/C7H11NO4S/c1-5(10)12-8(2)7(11)6(13)3-4-9/h4,6,13H,3H2,1-2H3. The van der Waals surface area contributed by atoms with Crippen molar-refractivity contribution in [2.75, 3.05) is 7.05 Å². The van der Waals surface area contributed by atoms with Crippen LogP contribution in [0.1, 0.15) is 13.3 Å². The van der Waals surface area contributed by atoms with E-state index in [-0.39, 0.29) is 6.42 Å². The maximum Gasteiger partial charge on any atom is 0.329 e. The van der Waals surface area contributed by atoms with Crippen LogP contribution in [0.5, 0.6) is 0 Å². The van der Waals surface area contributed by atoms with Gasteiger partial charge in [-0.05, 0) is 0 Å². The second-order valence-corrected chi connectivity index (χ2v) is 2.96. The summed E-state index contributed by atoms with van der Waals surface area (Å²) in [5.74, 6) is -1.12. The van der Waals surface area contributed by atoms with E-state index < -0.39 is 17.1 Å². The number of carbonyl (C=O) groups excluding carboxylic acids is 3. The lowest BCUT2D eigenvalue weighted by atomic mass is 10.3. The first-order valence-corrected chi connectivity index (χ1v) is 4.08. The molecule has 0 aliphatic carbocycles. The Labute approximate surface area is 81.4 Å². The molecule has 6 heteroatoms. The normalized spacial score (nSPS) is 11.6. The van der Waals surface area contributed by atoms with Gasteiger partial charge in [0.15, 0.2) is 0 Å². The summed E-state index contributed by atoms with van der Waals surface area (Å²) in [6, 6.07) is 0. The van der Waals surface area contributed by atoms with Gasteiger partial charge in [0, 0.05) is 20.4 Å². The molecule has 74 valence electrons. The van der Waals surface area contributed by atoms with Crippen molar-refractivity contribution >= 4 is 30.8 Å². The molecule has 0 heterocycles. The van der Waals surface area contributed by atoms with E-state index in [1.807, 2.05) is 0 Å². The lowest BCUT2D eigenvalue weighted by Crippen LogP contribution is -2.35. The van der Waals surface area contributed by atoms with Gasteiger partial charge in [-0.3, -0.25) is 9.59 Å². The Morgan fingerprint density at radius 1 is 1.62 bits per heavy atom. The van der Waals surface area contributed by atoms with Crippen molar-refractivity contribution in [2.45, 2.75) is 18.6 Å². The number of nitrogens with zero attached hydrogens (tertiary/aromatic N) is 1. The number of carbonyl (C=O) groups is 3. The second kappa shape index (κ2) is 5.58. The summed E-state index contributed by atoms with van der Waals surface area (Å²) in [5, 5.41) is 0.00519. The molecule has 0 fully saturated rings. The number of thiol groups is 1. The monoisotopic (exact) mass is 205 g/mol. The van der Waals surface area contributed by atoms with Crippen LogP contribution in [-0.2, 0) is 19.2 Å². The minimum absolute atomic E-state index is 0.00640. The molecule has 0 aromatic carbocycles. The number of hydrogen-bond donors (Lipinski definition) is 1.